The van der Waals surface area contributed by atoms with Crippen LogP contribution in [-0.4, -0.2) is 30.2 Å². The highest BCUT2D eigenvalue weighted by Crippen LogP contribution is 2.22. The van der Waals surface area contributed by atoms with Crippen LogP contribution in [0.25, 0.3) is 0 Å². The van der Waals surface area contributed by atoms with Gasteiger partial charge in [-0.2, -0.15) is 9.97 Å². The second-order valence-electron chi connectivity index (χ2n) is 3.58. The zero-order chi connectivity index (χ0) is 11.4. The van der Waals surface area contributed by atoms with Crippen molar-refractivity contribution in [1.82, 2.24) is 15.3 Å². The minimum Gasteiger partial charge on any atom is -0.467 e. The number of hydrogen-bond donors (Lipinski definition) is 2. The Kier molecular flexibility index (Phi) is 3.36. The Hall–Kier alpha value is -1.62. The van der Waals surface area contributed by atoms with E-state index >= 15 is 0 Å². The number of methoxy groups -OCH3 is 1. The molecule has 0 saturated heterocycles. The lowest BCUT2D eigenvalue weighted by Crippen LogP contribution is -2.26. The molecule has 1 aliphatic heterocycles. The fraction of sp³-hybridized carbons (Fsp3) is 0.455. The van der Waals surface area contributed by atoms with E-state index in [1.54, 1.807) is 13.2 Å². The molecule has 0 aliphatic carbocycles. The molecule has 5 heteroatoms. The summed E-state index contributed by atoms with van der Waals surface area (Å²) in [5.74, 6) is 0.842. The van der Waals surface area contributed by atoms with Crippen LogP contribution < -0.4 is 15.4 Å². The molecule has 0 unspecified atom stereocenters. The number of nitrogens with zero attached hydrogens (tertiary/aromatic N) is 2. The second kappa shape index (κ2) is 4.94. The van der Waals surface area contributed by atoms with Crippen molar-refractivity contribution < 1.29 is 4.74 Å². The summed E-state index contributed by atoms with van der Waals surface area (Å²) in [7, 11) is 1.58. The van der Waals surface area contributed by atoms with Crippen molar-refractivity contribution >= 4 is 5.82 Å². The Morgan fingerprint density at radius 2 is 2.44 bits per heavy atom. The molecule has 0 radical (unpaired) electrons. The largest absolute Gasteiger partial charge is 0.467 e. The maximum absolute atomic E-state index is 5.09. The summed E-state index contributed by atoms with van der Waals surface area (Å²) >= 11 is 0. The molecular weight excluding hydrogens is 204 g/mol. The summed E-state index contributed by atoms with van der Waals surface area (Å²) < 4.78 is 5.09. The van der Waals surface area contributed by atoms with Gasteiger partial charge in [0.05, 0.1) is 12.8 Å². The van der Waals surface area contributed by atoms with E-state index < -0.39 is 0 Å². The first-order valence-corrected chi connectivity index (χ1v) is 5.34. The maximum Gasteiger partial charge on any atom is 0.318 e. The van der Waals surface area contributed by atoms with Gasteiger partial charge in [0.15, 0.2) is 0 Å². The lowest BCUT2D eigenvalue weighted by atomic mass is 10.1. The van der Waals surface area contributed by atoms with Crippen molar-refractivity contribution in [3.8, 4) is 6.01 Å². The predicted molar refractivity (Wildman–Crippen MR) is 62.7 cm³/mol. The fourth-order valence-corrected chi connectivity index (χ4v) is 1.73. The molecule has 0 spiro atoms. The average molecular weight is 220 g/mol. The smallest absolute Gasteiger partial charge is 0.318 e. The van der Waals surface area contributed by atoms with Crippen LogP contribution >= 0.6 is 0 Å². The summed E-state index contributed by atoms with van der Waals surface area (Å²) in [6.07, 6.45) is 2.72. The number of nitrogens with one attached hydrogen (secondary N) is 2. The van der Waals surface area contributed by atoms with Crippen LogP contribution in [0.15, 0.2) is 12.7 Å². The van der Waals surface area contributed by atoms with E-state index in [0.717, 1.165) is 36.6 Å². The molecule has 0 aromatic carbocycles. The Balaban J connectivity index is 2.35. The van der Waals surface area contributed by atoms with Crippen molar-refractivity contribution in [2.75, 3.05) is 25.5 Å². The van der Waals surface area contributed by atoms with E-state index in [0.29, 0.717) is 12.6 Å². The Bertz CT molecular complexity index is 392. The summed E-state index contributed by atoms with van der Waals surface area (Å²) in [4.78, 5) is 8.67. The molecule has 2 heterocycles. The van der Waals surface area contributed by atoms with Gasteiger partial charge in [-0.05, 0) is 0 Å². The lowest BCUT2D eigenvalue weighted by molar-refractivity contribution is 0.376. The SMILES string of the molecule is C=CCNc1nc(OC)nc2c1CNCC2. The van der Waals surface area contributed by atoms with Gasteiger partial charge in [-0.1, -0.05) is 6.08 Å². The molecule has 0 bridgehead atoms. The van der Waals surface area contributed by atoms with E-state index in [1.807, 2.05) is 0 Å². The molecule has 86 valence electrons. The minimum atomic E-state index is 0.423. The number of hydrogen-bond acceptors (Lipinski definition) is 5. The summed E-state index contributed by atoms with van der Waals surface area (Å²) in [5, 5.41) is 6.52. The van der Waals surface area contributed by atoms with Crippen LogP contribution in [0.3, 0.4) is 0 Å². The first-order chi connectivity index (χ1) is 7.85. The number of ether oxygens (including phenoxy) is 1. The predicted octanol–water partition coefficient (Wildman–Crippen LogP) is 0.729. The molecule has 16 heavy (non-hydrogen) atoms. The Morgan fingerprint density at radius 3 is 3.19 bits per heavy atom. The third-order valence-electron chi connectivity index (χ3n) is 2.51. The summed E-state index contributed by atoms with van der Waals surface area (Å²) in [5.41, 5.74) is 2.20. The third-order valence-corrected chi connectivity index (χ3v) is 2.51. The van der Waals surface area contributed by atoms with Crippen LogP contribution in [0.2, 0.25) is 0 Å². The zero-order valence-electron chi connectivity index (χ0n) is 9.42. The second-order valence-corrected chi connectivity index (χ2v) is 3.58. The van der Waals surface area contributed by atoms with Crippen LogP contribution in [-0.2, 0) is 13.0 Å². The van der Waals surface area contributed by atoms with Gasteiger partial charge in [0.2, 0.25) is 0 Å². The number of aromatic nitrogens is 2. The van der Waals surface area contributed by atoms with Crippen molar-refractivity contribution in [2.45, 2.75) is 13.0 Å². The molecule has 1 aromatic heterocycles. The topological polar surface area (TPSA) is 59.1 Å². The van der Waals surface area contributed by atoms with Crippen LogP contribution in [0.4, 0.5) is 5.82 Å². The third kappa shape index (κ3) is 2.14. The van der Waals surface area contributed by atoms with E-state index in [1.165, 1.54) is 0 Å². The van der Waals surface area contributed by atoms with Gasteiger partial charge in [0.1, 0.15) is 5.82 Å². The van der Waals surface area contributed by atoms with Crippen LogP contribution in [0.1, 0.15) is 11.3 Å². The molecule has 0 saturated carbocycles. The van der Waals surface area contributed by atoms with Crippen molar-refractivity contribution in [3.05, 3.63) is 23.9 Å². The molecule has 1 aliphatic rings. The highest BCUT2D eigenvalue weighted by Gasteiger charge is 2.17. The quantitative estimate of drug-likeness (QED) is 0.732. The number of fused-ring (bicyclic) bond motifs is 1. The van der Waals surface area contributed by atoms with Gasteiger partial charge in [-0.15, -0.1) is 6.58 Å². The van der Waals surface area contributed by atoms with Crippen LogP contribution in [0, 0.1) is 0 Å². The van der Waals surface area contributed by atoms with Gasteiger partial charge in [-0.25, -0.2) is 0 Å². The summed E-state index contributed by atoms with van der Waals surface area (Å²) in [6.45, 7) is 6.12. The van der Waals surface area contributed by atoms with Crippen LogP contribution in [0.5, 0.6) is 6.01 Å². The van der Waals surface area contributed by atoms with Crippen molar-refractivity contribution in [2.24, 2.45) is 0 Å². The minimum absolute atomic E-state index is 0.423. The number of anilines is 1. The Labute approximate surface area is 94.9 Å². The van der Waals surface area contributed by atoms with Gasteiger partial charge in [-0.3, -0.25) is 0 Å². The standard InChI is InChI=1S/C11H16N4O/c1-3-5-13-10-8-7-12-6-4-9(8)14-11(15-10)16-2/h3,12H,1,4-7H2,2H3,(H,13,14,15). The summed E-state index contributed by atoms with van der Waals surface area (Å²) in [6, 6.07) is 0.423. The van der Waals surface area contributed by atoms with Crippen molar-refractivity contribution in [3.63, 3.8) is 0 Å². The maximum atomic E-state index is 5.09. The molecule has 5 nitrogen and oxygen atoms in total. The molecule has 0 fully saturated rings. The number of rotatable bonds is 4. The van der Waals surface area contributed by atoms with Gasteiger partial charge in [0.25, 0.3) is 0 Å². The van der Waals surface area contributed by atoms with E-state index in [-0.39, 0.29) is 0 Å². The van der Waals surface area contributed by atoms with Gasteiger partial charge < -0.3 is 15.4 Å². The normalized spacial score (nSPS) is 14.1. The average Bonchev–Trinajstić information content (AvgIpc) is 2.35. The van der Waals surface area contributed by atoms with Gasteiger partial charge >= 0.3 is 6.01 Å². The highest BCUT2D eigenvalue weighted by atomic mass is 16.5. The zero-order valence-corrected chi connectivity index (χ0v) is 9.42. The molecule has 2 N–H and O–H groups in total. The highest BCUT2D eigenvalue weighted by molar-refractivity contribution is 5.48. The first kappa shape index (κ1) is 10.9. The molecule has 0 atom stereocenters. The van der Waals surface area contributed by atoms with E-state index in [4.69, 9.17) is 4.74 Å². The monoisotopic (exact) mass is 220 g/mol. The fourth-order valence-electron chi connectivity index (χ4n) is 1.73. The Morgan fingerprint density at radius 1 is 1.56 bits per heavy atom. The van der Waals surface area contributed by atoms with E-state index in [9.17, 15) is 0 Å². The van der Waals surface area contributed by atoms with E-state index in [2.05, 4.69) is 27.2 Å². The molecule has 2 rings (SSSR count). The lowest BCUT2D eigenvalue weighted by Gasteiger charge is -2.19. The van der Waals surface area contributed by atoms with Crippen molar-refractivity contribution in [1.29, 1.82) is 0 Å². The molecular formula is C11H16N4O. The van der Waals surface area contributed by atoms with Gasteiger partial charge in [0, 0.05) is 31.6 Å². The molecule has 0 amide bonds. The first-order valence-electron chi connectivity index (χ1n) is 5.34. The molecule has 1 aromatic rings.